The molecule has 9 heteroatoms. The van der Waals surface area contributed by atoms with E-state index in [9.17, 15) is 18.3 Å². The third-order valence-corrected chi connectivity index (χ3v) is 6.80. The average molecular weight is 404 g/mol. The number of aliphatic hydroxyl groups excluding tert-OH is 1. The van der Waals surface area contributed by atoms with Gasteiger partial charge in [0.25, 0.3) is 0 Å². The van der Waals surface area contributed by atoms with Crippen molar-refractivity contribution < 1.29 is 18.3 Å². The van der Waals surface area contributed by atoms with Crippen molar-refractivity contribution in [3.8, 4) is 0 Å². The first-order valence-corrected chi connectivity index (χ1v) is 10.1. The fourth-order valence-electron chi connectivity index (χ4n) is 3.32. The van der Waals surface area contributed by atoms with Crippen molar-refractivity contribution in [2.24, 2.45) is 0 Å². The lowest BCUT2D eigenvalue weighted by Crippen LogP contribution is -2.50. The van der Waals surface area contributed by atoms with Gasteiger partial charge >= 0.3 is 0 Å². The molecule has 3 N–H and O–H groups in total. The van der Waals surface area contributed by atoms with E-state index in [1.165, 1.54) is 4.31 Å². The smallest absolute Gasteiger partial charge is 0.243 e. The van der Waals surface area contributed by atoms with E-state index in [0.29, 0.717) is 43.8 Å². The molecule has 2 aliphatic heterocycles. The van der Waals surface area contributed by atoms with Crippen LogP contribution in [0.1, 0.15) is 24.8 Å². The Morgan fingerprint density at radius 2 is 1.85 bits per heavy atom. The predicted molar refractivity (Wildman–Crippen MR) is 101 cm³/mol. The second-order valence-corrected chi connectivity index (χ2v) is 8.79. The lowest BCUT2D eigenvalue weighted by molar-refractivity contribution is -0.123. The Morgan fingerprint density at radius 1 is 1.23 bits per heavy atom. The minimum Gasteiger partial charge on any atom is -0.392 e. The highest BCUT2D eigenvalue weighted by Gasteiger charge is 2.32. The number of benzene rings is 1. The number of amides is 1. The van der Waals surface area contributed by atoms with Crippen molar-refractivity contribution in [1.29, 1.82) is 0 Å². The maximum Gasteiger partial charge on any atom is 0.243 e. The molecule has 0 radical (unpaired) electrons. The molecule has 2 saturated heterocycles. The molecule has 7 nitrogen and oxygen atoms in total. The highest BCUT2D eigenvalue weighted by atomic mass is 35.5. The molecule has 2 atom stereocenters. The number of aliphatic hydroxyl groups is 1. The van der Waals surface area contributed by atoms with Gasteiger partial charge in [0.15, 0.2) is 0 Å². The summed E-state index contributed by atoms with van der Waals surface area (Å²) >= 11 is 0. The Balaban J connectivity index is 0.00000243. The summed E-state index contributed by atoms with van der Waals surface area (Å²) in [7, 11) is -3.48. The van der Waals surface area contributed by atoms with Gasteiger partial charge in [0.1, 0.15) is 0 Å². The summed E-state index contributed by atoms with van der Waals surface area (Å²) in [6.07, 6.45) is 1.13. The van der Waals surface area contributed by atoms with E-state index in [-0.39, 0.29) is 30.4 Å². The largest absolute Gasteiger partial charge is 0.392 e. The number of piperidine rings is 1. The molecule has 0 aromatic heterocycles. The van der Waals surface area contributed by atoms with Crippen LogP contribution in [0.25, 0.3) is 0 Å². The molecule has 1 amide bonds. The normalized spacial score (nSPS) is 24.8. The maximum atomic E-state index is 12.7. The summed E-state index contributed by atoms with van der Waals surface area (Å²) in [5.41, 5.74) is 1.02. The Hall–Kier alpha value is -1.19. The van der Waals surface area contributed by atoms with Crippen molar-refractivity contribution in [1.82, 2.24) is 14.9 Å². The number of β-amino-alcohol motifs (C(OH)–C–C–N with tert-alkyl or cyclic N) is 1. The van der Waals surface area contributed by atoms with Crippen LogP contribution in [0.3, 0.4) is 0 Å². The average Bonchev–Trinajstić information content (AvgIpc) is 3.02. The highest BCUT2D eigenvalue weighted by molar-refractivity contribution is 7.89. The van der Waals surface area contributed by atoms with Crippen LogP contribution >= 0.6 is 12.4 Å². The van der Waals surface area contributed by atoms with Crippen molar-refractivity contribution in [2.75, 3.05) is 19.6 Å². The van der Waals surface area contributed by atoms with Gasteiger partial charge < -0.3 is 15.7 Å². The molecule has 26 heavy (non-hydrogen) atoms. The van der Waals surface area contributed by atoms with Crippen molar-refractivity contribution in [3.05, 3.63) is 29.8 Å². The molecule has 2 fully saturated rings. The van der Waals surface area contributed by atoms with Crippen LogP contribution in [0.2, 0.25) is 0 Å². The first kappa shape index (κ1) is 21.1. The summed E-state index contributed by atoms with van der Waals surface area (Å²) in [6.45, 7) is 3.14. The highest BCUT2D eigenvalue weighted by Crippen LogP contribution is 2.21. The molecule has 3 rings (SSSR count). The molecular weight excluding hydrogens is 378 g/mol. The van der Waals surface area contributed by atoms with Gasteiger partial charge in [-0.25, -0.2) is 8.42 Å². The Morgan fingerprint density at radius 3 is 2.38 bits per heavy atom. The number of nitrogens with zero attached hydrogens (tertiary/aromatic N) is 1. The van der Waals surface area contributed by atoms with E-state index in [1.54, 1.807) is 24.3 Å². The lowest BCUT2D eigenvalue weighted by atomic mass is 10.1. The van der Waals surface area contributed by atoms with E-state index in [2.05, 4.69) is 10.6 Å². The van der Waals surface area contributed by atoms with E-state index in [4.69, 9.17) is 0 Å². The zero-order chi connectivity index (χ0) is 18.0. The van der Waals surface area contributed by atoms with E-state index in [1.807, 2.05) is 6.92 Å². The summed E-state index contributed by atoms with van der Waals surface area (Å²) in [5, 5.41) is 15.4. The van der Waals surface area contributed by atoms with Crippen molar-refractivity contribution in [3.63, 3.8) is 0 Å². The fourth-order valence-corrected chi connectivity index (χ4v) is 4.79. The predicted octanol–water partition coefficient (Wildman–Crippen LogP) is 0.409. The number of carbonyl (C=O) groups is 1. The number of carbonyl (C=O) groups excluding carboxylic acids is 1. The van der Waals surface area contributed by atoms with Crippen LogP contribution in [0.5, 0.6) is 0 Å². The second-order valence-electron chi connectivity index (χ2n) is 6.85. The summed E-state index contributed by atoms with van der Waals surface area (Å²) in [5.74, 6) is -0.114. The van der Waals surface area contributed by atoms with Crippen LogP contribution in [0.15, 0.2) is 29.2 Å². The lowest BCUT2D eigenvalue weighted by Gasteiger charge is -2.32. The van der Waals surface area contributed by atoms with Crippen LogP contribution in [-0.2, 0) is 14.8 Å². The molecule has 2 unspecified atom stereocenters. The summed E-state index contributed by atoms with van der Waals surface area (Å²) < 4.78 is 26.8. The Kier molecular flexibility index (Phi) is 7.04. The van der Waals surface area contributed by atoms with Crippen LogP contribution in [0.4, 0.5) is 0 Å². The first-order chi connectivity index (χ1) is 11.9. The topological polar surface area (TPSA) is 98.7 Å². The van der Waals surface area contributed by atoms with Crippen LogP contribution < -0.4 is 10.6 Å². The number of nitrogens with one attached hydrogen (secondary N) is 2. The molecule has 0 bridgehead atoms. The SMILES string of the molecule is Cc1ccc(S(=O)(=O)N2CCC(NC(=O)C3CC(O)CN3)CC2)cc1.Cl. The van der Waals surface area contributed by atoms with E-state index < -0.39 is 16.1 Å². The van der Waals surface area contributed by atoms with Gasteiger partial charge in [-0.2, -0.15) is 4.31 Å². The molecular formula is C17H26ClN3O4S. The summed E-state index contributed by atoms with van der Waals surface area (Å²) in [4.78, 5) is 12.5. The second kappa shape index (κ2) is 8.67. The summed E-state index contributed by atoms with van der Waals surface area (Å²) in [6, 6.07) is 6.47. The molecule has 0 saturated carbocycles. The zero-order valence-corrected chi connectivity index (χ0v) is 16.4. The number of sulfonamides is 1. The minimum atomic E-state index is -3.48. The van der Waals surface area contributed by atoms with Crippen molar-refractivity contribution in [2.45, 2.75) is 49.3 Å². The van der Waals surface area contributed by atoms with E-state index >= 15 is 0 Å². The number of aryl methyl sites for hydroxylation is 1. The van der Waals surface area contributed by atoms with Gasteiger partial charge in [0, 0.05) is 25.7 Å². The number of hydrogen-bond acceptors (Lipinski definition) is 5. The third-order valence-electron chi connectivity index (χ3n) is 4.88. The van der Waals surface area contributed by atoms with Gasteiger partial charge in [-0.05, 0) is 38.3 Å². The van der Waals surface area contributed by atoms with Crippen molar-refractivity contribution >= 4 is 28.3 Å². The standard InChI is InChI=1S/C17H25N3O4S.ClH/c1-12-2-4-15(5-3-12)25(23,24)20-8-6-13(7-9-20)19-17(22)16-10-14(21)11-18-16;/h2-5,13-14,16,18,21H,6-11H2,1H3,(H,19,22);1H. The van der Waals surface area contributed by atoms with Crippen LogP contribution in [-0.4, -0.2) is 61.6 Å². The maximum absolute atomic E-state index is 12.7. The molecule has 0 spiro atoms. The molecule has 0 aliphatic carbocycles. The minimum absolute atomic E-state index is 0. The Labute approximate surface area is 160 Å². The third kappa shape index (κ3) is 4.75. The molecule has 2 heterocycles. The van der Waals surface area contributed by atoms with Gasteiger partial charge in [-0.1, -0.05) is 17.7 Å². The molecule has 146 valence electrons. The van der Waals surface area contributed by atoms with Gasteiger partial charge in [-0.15, -0.1) is 12.4 Å². The Bertz CT molecular complexity index is 718. The number of halogens is 1. The molecule has 1 aromatic rings. The molecule has 1 aromatic carbocycles. The number of rotatable bonds is 4. The monoisotopic (exact) mass is 403 g/mol. The van der Waals surface area contributed by atoms with Gasteiger partial charge in [0.05, 0.1) is 17.0 Å². The van der Waals surface area contributed by atoms with E-state index in [0.717, 1.165) is 5.56 Å². The van der Waals surface area contributed by atoms with Gasteiger partial charge in [-0.3, -0.25) is 4.79 Å². The fraction of sp³-hybridized carbons (Fsp3) is 0.588. The van der Waals surface area contributed by atoms with Crippen LogP contribution in [0, 0.1) is 6.92 Å². The quantitative estimate of drug-likeness (QED) is 0.676. The first-order valence-electron chi connectivity index (χ1n) is 8.65. The number of hydrogen-bond donors (Lipinski definition) is 3. The van der Waals surface area contributed by atoms with Gasteiger partial charge in [0.2, 0.25) is 15.9 Å². The molecule has 2 aliphatic rings. The zero-order valence-electron chi connectivity index (χ0n) is 14.7.